The quantitative estimate of drug-likeness (QED) is 0.553. The normalized spacial score (nSPS) is 13.3. The molecule has 1 unspecified atom stereocenters. The molecule has 0 aliphatic heterocycles. The standard InChI is InChI=1S/C14H9BrClF4N/c15-10-6-5-9(12(17)11(10)16)13(21)7-1-3-8(4-2-7)14(18,19)20/h1-6,13H,21H2. The lowest BCUT2D eigenvalue weighted by Gasteiger charge is -2.16. The van der Waals surface area contributed by atoms with E-state index >= 15 is 0 Å². The predicted molar refractivity (Wildman–Crippen MR) is 76.6 cm³/mol. The van der Waals surface area contributed by atoms with Gasteiger partial charge in [0.1, 0.15) is 5.82 Å². The van der Waals surface area contributed by atoms with Crippen LogP contribution in [0.1, 0.15) is 22.7 Å². The fraction of sp³-hybridized carbons (Fsp3) is 0.143. The average Bonchev–Trinajstić information content (AvgIpc) is 2.43. The van der Waals surface area contributed by atoms with Crippen LogP contribution in [0, 0.1) is 5.82 Å². The van der Waals surface area contributed by atoms with E-state index in [-0.39, 0.29) is 10.6 Å². The minimum absolute atomic E-state index is 0.114. The molecule has 2 aromatic rings. The predicted octanol–water partition coefficient (Wildman–Crippen LogP) is 5.31. The van der Waals surface area contributed by atoms with Crippen molar-refractivity contribution in [2.75, 3.05) is 0 Å². The average molecular weight is 383 g/mol. The van der Waals surface area contributed by atoms with Crippen LogP contribution in [0.15, 0.2) is 40.9 Å². The van der Waals surface area contributed by atoms with Crippen molar-refractivity contribution in [3.05, 3.63) is 68.4 Å². The number of hydrogen-bond donors (Lipinski definition) is 1. The molecule has 0 aliphatic carbocycles. The fourth-order valence-corrected chi connectivity index (χ4v) is 2.32. The Hall–Kier alpha value is -1.11. The largest absolute Gasteiger partial charge is 0.416 e. The van der Waals surface area contributed by atoms with Gasteiger partial charge in [-0.1, -0.05) is 29.8 Å². The lowest BCUT2D eigenvalue weighted by atomic mass is 9.98. The Kier molecular flexibility index (Phi) is 4.60. The topological polar surface area (TPSA) is 26.0 Å². The van der Waals surface area contributed by atoms with Crippen molar-refractivity contribution in [1.82, 2.24) is 0 Å². The first-order valence-electron chi connectivity index (χ1n) is 5.78. The third kappa shape index (κ3) is 3.39. The van der Waals surface area contributed by atoms with E-state index in [1.165, 1.54) is 24.3 Å². The molecule has 0 aliphatic rings. The van der Waals surface area contributed by atoms with Crippen LogP contribution >= 0.6 is 27.5 Å². The van der Waals surface area contributed by atoms with Crippen molar-refractivity contribution in [3.63, 3.8) is 0 Å². The molecule has 2 aromatic carbocycles. The second-order valence-corrected chi connectivity index (χ2v) is 5.59. The summed E-state index contributed by atoms with van der Waals surface area (Å²) in [5.74, 6) is -0.696. The molecule has 0 heterocycles. The van der Waals surface area contributed by atoms with Crippen molar-refractivity contribution in [2.45, 2.75) is 12.2 Å². The summed E-state index contributed by atoms with van der Waals surface area (Å²) in [6, 6.07) is 6.34. The van der Waals surface area contributed by atoms with Gasteiger partial charge >= 0.3 is 6.18 Å². The zero-order valence-corrected chi connectivity index (χ0v) is 12.7. The number of hydrogen-bond acceptors (Lipinski definition) is 1. The van der Waals surface area contributed by atoms with Gasteiger partial charge in [-0.3, -0.25) is 0 Å². The van der Waals surface area contributed by atoms with Crippen LogP contribution in [-0.4, -0.2) is 0 Å². The monoisotopic (exact) mass is 381 g/mol. The second-order valence-electron chi connectivity index (χ2n) is 4.36. The summed E-state index contributed by atoms with van der Waals surface area (Å²) in [4.78, 5) is 0. The Morgan fingerprint density at radius 1 is 1.05 bits per heavy atom. The van der Waals surface area contributed by atoms with Crippen LogP contribution < -0.4 is 5.73 Å². The van der Waals surface area contributed by atoms with Gasteiger partial charge in [0.2, 0.25) is 0 Å². The summed E-state index contributed by atoms with van der Waals surface area (Å²) in [7, 11) is 0. The van der Waals surface area contributed by atoms with Crippen molar-refractivity contribution in [2.24, 2.45) is 5.73 Å². The van der Waals surface area contributed by atoms with Crippen molar-refractivity contribution in [1.29, 1.82) is 0 Å². The highest BCUT2D eigenvalue weighted by Crippen LogP contribution is 2.33. The van der Waals surface area contributed by atoms with Gasteiger partial charge in [-0.15, -0.1) is 0 Å². The zero-order chi connectivity index (χ0) is 15.8. The molecule has 112 valence electrons. The van der Waals surface area contributed by atoms with E-state index in [0.717, 1.165) is 12.1 Å². The maximum absolute atomic E-state index is 14.0. The Morgan fingerprint density at radius 2 is 1.62 bits per heavy atom. The minimum Gasteiger partial charge on any atom is -0.320 e. The van der Waals surface area contributed by atoms with Gasteiger partial charge in [0, 0.05) is 10.0 Å². The first-order chi connectivity index (χ1) is 9.71. The maximum atomic E-state index is 14.0. The third-order valence-electron chi connectivity index (χ3n) is 3.00. The summed E-state index contributed by atoms with van der Waals surface area (Å²) >= 11 is 8.85. The van der Waals surface area contributed by atoms with Gasteiger partial charge in [0.05, 0.1) is 16.6 Å². The molecule has 0 fully saturated rings. The zero-order valence-electron chi connectivity index (χ0n) is 10.4. The van der Waals surface area contributed by atoms with Crippen LogP contribution in [0.3, 0.4) is 0 Å². The van der Waals surface area contributed by atoms with Gasteiger partial charge in [-0.05, 0) is 39.7 Å². The molecule has 7 heteroatoms. The lowest BCUT2D eigenvalue weighted by Crippen LogP contribution is -2.14. The molecular weight excluding hydrogens is 374 g/mol. The molecule has 1 nitrogen and oxygen atoms in total. The molecule has 2 N–H and O–H groups in total. The Balaban J connectivity index is 2.37. The highest BCUT2D eigenvalue weighted by Gasteiger charge is 2.30. The fourth-order valence-electron chi connectivity index (χ4n) is 1.84. The van der Waals surface area contributed by atoms with Gasteiger partial charge in [-0.2, -0.15) is 13.2 Å². The van der Waals surface area contributed by atoms with Gasteiger partial charge in [0.25, 0.3) is 0 Å². The first kappa shape index (κ1) is 16.3. The van der Waals surface area contributed by atoms with Crippen LogP contribution in [0.2, 0.25) is 5.02 Å². The SMILES string of the molecule is NC(c1ccc(C(F)(F)F)cc1)c1ccc(Br)c(Cl)c1F. The molecule has 0 saturated heterocycles. The number of halogens is 6. The number of alkyl halides is 3. The molecule has 0 spiro atoms. The molecule has 0 bridgehead atoms. The molecule has 2 rings (SSSR count). The summed E-state index contributed by atoms with van der Waals surface area (Å²) in [5, 5.41) is -0.116. The van der Waals surface area contributed by atoms with Crippen LogP contribution in [0.5, 0.6) is 0 Å². The lowest BCUT2D eigenvalue weighted by molar-refractivity contribution is -0.137. The Labute approximate surface area is 131 Å². The van der Waals surface area contributed by atoms with Crippen LogP contribution in [0.25, 0.3) is 0 Å². The smallest absolute Gasteiger partial charge is 0.320 e. The van der Waals surface area contributed by atoms with E-state index in [2.05, 4.69) is 15.9 Å². The molecule has 0 amide bonds. The van der Waals surface area contributed by atoms with Crippen molar-refractivity contribution in [3.8, 4) is 0 Å². The number of benzene rings is 2. The summed E-state index contributed by atoms with van der Waals surface area (Å²) < 4.78 is 51.9. The maximum Gasteiger partial charge on any atom is 0.416 e. The first-order valence-corrected chi connectivity index (χ1v) is 6.95. The molecule has 1 atom stereocenters. The highest BCUT2D eigenvalue weighted by molar-refractivity contribution is 9.10. The van der Waals surface area contributed by atoms with E-state index in [0.29, 0.717) is 10.0 Å². The number of nitrogens with two attached hydrogens (primary N) is 1. The Morgan fingerprint density at radius 3 is 2.14 bits per heavy atom. The van der Waals surface area contributed by atoms with E-state index in [4.69, 9.17) is 17.3 Å². The molecule has 0 aromatic heterocycles. The molecular formula is C14H9BrClF4N. The second kappa shape index (κ2) is 5.94. The molecule has 0 radical (unpaired) electrons. The Bertz CT molecular complexity index is 655. The van der Waals surface area contributed by atoms with Crippen molar-refractivity contribution >= 4 is 27.5 Å². The van der Waals surface area contributed by atoms with E-state index in [1.54, 1.807) is 0 Å². The van der Waals surface area contributed by atoms with Crippen molar-refractivity contribution < 1.29 is 17.6 Å². The summed E-state index contributed by atoms with van der Waals surface area (Å²) in [6.45, 7) is 0. The highest BCUT2D eigenvalue weighted by atomic mass is 79.9. The van der Waals surface area contributed by atoms with E-state index in [1.807, 2.05) is 0 Å². The molecule has 21 heavy (non-hydrogen) atoms. The third-order valence-corrected chi connectivity index (χ3v) is 4.26. The number of rotatable bonds is 2. The summed E-state index contributed by atoms with van der Waals surface area (Å²) in [6.07, 6.45) is -4.42. The van der Waals surface area contributed by atoms with Crippen LogP contribution in [-0.2, 0) is 6.18 Å². The minimum atomic E-state index is -4.42. The van der Waals surface area contributed by atoms with Gasteiger partial charge < -0.3 is 5.73 Å². The van der Waals surface area contributed by atoms with E-state index in [9.17, 15) is 17.6 Å². The van der Waals surface area contributed by atoms with E-state index < -0.39 is 23.6 Å². The van der Waals surface area contributed by atoms with Crippen LogP contribution in [0.4, 0.5) is 17.6 Å². The van der Waals surface area contributed by atoms with Gasteiger partial charge in [0.15, 0.2) is 0 Å². The summed E-state index contributed by atoms with van der Waals surface area (Å²) in [5.41, 5.74) is 5.59. The van der Waals surface area contributed by atoms with Gasteiger partial charge in [-0.25, -0.2) is 4.39 Å². The molecule has 0 saturated carbocycles.